The summed E-state index contributed by atoms with van der Waals surface area (Å²) in [4.78, 5) is 1.11. The Hall–Kier alpha value is -2.15. The second-order valence-electron chi connectivity index (χ2n) is 4.88. The van der Waals surface area contributed by atoms with Gasteiger partial charge in [0, 0.05) is 24.5 Å². The van der Waals surface area contributed by atoms with Gasteiger partial charge in [-0.3, -0.25) is 4.72 Å². The molecule has 0 aliphatic rings. The van der Waals surface area contributed by atoms with Gasteiger partial charge >= 0.3 is 0 Å². The number of hydrogen-bond acceptors (Lipinski definition) is 3. The molecule has 0 spiro atoms. The molecule has 2 rings (SSSR count). The number of benzene rings is 2. The summed E-state index contributed by atoms with van der Waals surface area (Å²) in [5.41, 5.74) is 1.18. The van der Waals surface area contributed by atoms with Crippen LogP contribution in [-0.4, -0.2) is 21.5 Å². The molecule has 0 aliphatic heterocycles. The van der Waals surface area contributed by atoms with Crippen molar-refractivity contribution in [3.63, 3.8) is 0 Å². The fourth-order valence-electron chi connectivity index (χ4n) is 2.27. The van der Waals surface area contributed by atoms with Crippen molar-refractivity contribution in [1.82, 2.24) is 0 Å². The summed E-state index contributed by atoms with van der Waals surface area (Å²) in [5.74, 6) is -2.26. The zero-order chi connectivity index (χ0) is 17.0. The fraction of sp³-hybridized carbons (Fsp3) is 0.250. The minimum absolute atomic E-state index is 0.239. The van der Waals surface area contributed by atoms with E-state index in [1.54, 1.807) is 24.3 Å². The molecule has 0 fully saturated rings. The molecule has 7 heteroatoms. The monoisotopic (exact) mass is 340 g/mol. The topological polar surface area (TPSA) is 49.4 Å². The predicted octanol–water partition coefficient (Wildman–Crippen LogP) is 3.61. The third kappa shape index (κ3) is 3.79. The van der Waals surface area contributed by atoms with Gasteiger partial charge in [0.2, 0.25) is 0 Å². The molecule has 0 heterocycles. The minimum Gasteiger partial charge on any atom is -0.372 e. The van der Waals surface area contributed by atoms with Crippen LogP contribution in [0.3, 0.4) is 0 Å². The Labute approximate surface area is 134 Å². The quantitative estimate of drug-likeness (QED) is 0.874. The van der Waals surface area contributed by atoms with E-state index in [4.69, 9.17) is 0 Å². The summed E-state index contributed by atoms with van der Waals surface area (Å²) in [7, 11) is -4.33. The SMILES string of the molecule is CCN(CC)c1ccc(NS(=O)(=O)c2c(F)cccc2F)cc1. The summed E-state index contributed by atoms with van der Waals surface area (Å²) in [5, 5.41) is 0. The Bertz CT molecular complexity index is 753. The van der Waals surface area contributed by atoms with Crippen LogP contribution in [-0.2, 0) is 10.0 Å². The maximum atomic E-state index is 13.6. The number of anilines is 2. The van der Waals surface area contributed by atoms with E-state index in [1.165, 1.54) is 0 Å². The largest absolute Gasteiger partial charge is 0.372 e. The summed E-state index contributed by atoms with van der Waals surface area (Å²) in [6, 6.07) is 9.55. The first-order valence-corrected chi connectivity index (χ1v) is 8.69. The highest BCUT2D eigenvalue weighted by atomic mass is 32.2. The van der Waals surface area contributed by atoms with E-state index < -0.39 is 26.6 Å². The van der Waals surface area contributed by atoms with Crippen LogP contribution in [0.4, 0.5) is 20.2 Å². The van der Waals surface area contributed by atoms with Crippen molar-refractivity contribution in [2.75, 3.05) is 22.7 Å². The van der Waals surface area contributed by atoms with Crippen LogP contribution < -0.4 is 9.62 Å². The first-order valence-electron chi connectivity index (χ1n) is 7.21. The van der Waals surface area contributed by atoms with Gasteiger partial charge in [0.25, 0.3) is 10.0 Å². The van der Waals surface area contributed by atoms with Crippen LogP contribution in [0.2, 0.25) is 0 Å². The summed E-state index contributed by atoms with van der Waals surface area (Å²) in [6.07, 6.45) is 0. The minimum atomic E-state index is -4.33. The second kappa shape index (κ2) is 6.95. The lowest BCUT2D eigenvalue weighted by atomic mass is 10.2. The maximum absolute atomic E-state index is 13.6. The van der Waals surface area contributed by atoms with Crippen LogP contribution in [0, 0.1) is 11.6 Å². The van der Waals surface area contributed by atoms with Gasteiger partial charge < -0.3 is 4.90 Å². The van der Waals surface area contributed by atoms with E-state index in [-0.39, 0.29) is 5.69 Å². The van der Waals surface area contributed by atoms with Gasteiger partial charge in [0.15, 0.2) is 4.90 Å². The molecule has 1 N–H and O–H groups in total. The number of rotatable bonds is 6. The Kier molecular flexibility index (Phi) is 5.20. The molecule has 0 atom stereocenters. The predicted molar refractivity (Wildman–Crippen MR) is 87.2 cm³/mol. The Morgan fingerprint density at radius 1 is 0.957 bits per heavy atom. The van der Waals surface area contributed by atoms with Gasteiger partial charge in [0.1, 0.15) is 11.6 Å². The summed E-state index contributed by atoms with van der Waals surface area (Å²) < 4.78 is 53.8. The molecule has 0 saturated carbocycles. The molecule has 0 aliphatic carbocycles. The molecule has 0 bridgehead atoms. The molecule has 2 aromatic carbocycles. The second-order valence-corrected chi connectivity index (χ2v) is 6.49. The van der Waals surface area contributed by atoms with E-state index in [0.29, 0.717) is 0 Å². The van der Waals surface area contributed by atoms with Crippen molar-refractivity contribution in [3.8, 4) is 0 Å². The zero-order valence-corrected chi connectivity index (χ0v) is 13.7. The van der Waals surface area contributed by atoms with Crippen molar-refractivity contribution in [3.05, 3.63) is 54.1 Å². The first kappa shape index (κ1) is 17.2. The van der Waals surface area contributed by atoms with Crippen LogP contribution in [0.5, 0.6) is 0 Å². The van der Waals surface area contributed by atoms with E-state index in [9.17, 15) is 17.2 Å². The van der Waals surface area contributed by atoms with Gasteiger partial charge in [-0.2, -0.15) is 0 Å². The van der Waals surface area contributed by atoms with Crippen LogP contribution >= 0.6 is 0 Å². The molecule has 0 amide bonds. The molecule has 124 valence electrons. The van der Waals surface area contributed by atoms with Gasteiger partial charge in [-0.05, 0) is 50.2 Å². The van der Waals surface area contributed by atoms with E-state index in [1.807, 2.05) is 13.8 Å². The van der Waals surface area contributed by atoms with E-state index in [0.717, 1.165) is 37.0 Å². The normalized spacial score (nSPS) is 11.3. The summed E-state index contributed by atoms with van der Waals surface area (Å²) in [6.45, 7) is 5.67. The van der Waals surface area contributed by atoms with Crippen molar-refractivity contribution in [2.45, 2.75) is 18.7 Å². The van der Waals surface area contributed by atoms with Crippen LogP contribution in [0.25, 0.3) is 0 Å². The number of halogens is 2. The average molecular weight is 340 g/mol. The average Bonchev–Trinajstić information content (AvgIpc) is 2.49. The lowest BCUT2D eigenvalue weighted by molar-refractivity contribution is 0.521. The third-order valence-corrected chi connectivity index (χ3v) is 4.87. The zero-order valence-electron chi connectivity index (χ0n) is 12.9. The maximum Gasteiger partial charge on any atom is 0.267 e. The van der Waals surface area contributed by atoms with Gasteiger partial charge in [-0.15, -0.1) is 0 Å². The van der Waals surface area contributed by atoms with Crippen molar-refractivity contribution >= 4 is 21.4 Å². The molecule has 4 nitrogen and oxygen atoms in total. The van der Waals surface area contributed by atoms with E-state index >= 15 is 0 Å². The molecule has 23 heavy (non-hydrogen) atoms. The number of nitrogens with one attached hydrogen (secondary N) is 1. The highest BCUT2D eigenvalue weighted by Gasteiger charge is 2.23. The summed E-state index contributed by atoms with van der Waals surface area (Å²) >= 11 is 0. The van der Waals surface area contributed by atoms with Crippen molar-refractivity contribution < 1.29 is 17.2 Å². The molecular weight excluding hydrogens is 322 g/mol. The fourth-order valence-corrected chi connectivity index (χ4v) is 3.47. The highest BCUT2D eigenvalue weighted by molar-refractivity contribution is 7.92. The highest BCUT2D eigenvalue weighted by Crippen LogP contribution is 2.23. The number of hydrogen-bond donors (Lipinski definition) is 1. The Morgan fingerprint density at radius 2 is 1.48 bits per heavy atom. The third-order valence-electron chi connectivity index (χ3n) is 3.44. The standard InChI is InChI=1S/C16H18F2N2O2S/c1-3-20(4-2)13-10-8-12(9-11-13)19-23(21,22)16-14(17)6-5-7-15(16)18/h5-11,19H,3-4H2,1-2H3. The lowest BCUT2D eigenvalue weighted by Gasteiger charge is -2.21. The molecule has 2 aromatic rings. The van der Waals surface area contributed by atoms with E-state index in [2.05, 4.69) is 9.62 Å². The van der Waals surface area contributed by atoms with Gasteiger partial charge in [-0.25, -0.2) is 17.2 Å². The Morgan fingerprint density at radius 3 is 1.96 bits per heavy atom. The van der Waals surface area contributed by atoms with Gasteiger partial charge in [-0.1, -0.05) is 6.07 Å². The number of nitrogens with zero attached hydrogens (tertiary/aromatic N) is 1. The number of sulfonamides is 1. The van der Waals surface area contributed by atoms with Crippen LogP contribution in [0.15, 0.2) is 47.4 Å². The first-order chi connectivity index (χ1) is 10.9. The smallest absolute Gasteiger partial charge is 0.267 e. The molecule has 0 aromatic heterocycles. The lowest BCUT2D eigenvalue weighted by Crippen LogP contribution is -2.21. The van der Waals surface area contributed by atoms with Crippen molar-refractivity contribution in [1.29, 1.82) is 0 Å². The van der Waals surface area contributed by atoms with Crippen molar-refractivity contribution in [2.24, 2.45) is 0 Å². The van der Waals surface area contributed by atoms with Gasteiger partial charge in [0.05, 0.1) is 0 Å². The van der Waals surface area contributed by atoms with Crippen LogP contribution in [0.1, 0.15) is 13.8 Å². The molecule has 0 unspecified atom stereocenters. The Balaban J connectivity index is 2.28. The molecule has 0 radical (unpaired) electrons. The molecule has 0 saturated heterocycles. The molecular formula is C16H18F2N2O2S.